The fourth-order valence-electron chi connectivity index (χ4n) is 13.0. The Kier molecular flexibility index (Phi) is 14.0. The average Bonchev–Trinajstić information content (AvgIpc) is 3.93. The molecule has 0 saturated heterocycles. The van der Waals surface area contributed by atoms with Crippen LogP contribution in [-0.2, 0) is 28.4 Å². The van der Waals surface area contributed by atoms with Gasteiger partial charge in [0, 0.05) is 0 Å². The van der Waals surface area contributed by atoms with E-state index in [2.05, 4.69) is 238 Å². The van der Waals surface area contributed by atoms with Gasteiger partial charge in [-0.2, -0.15) is 0 Å². The summed E-state index contributed by atoms with van der Waals surface area (Å²) in [4.78, 5) is 0. The quantitative estimate of drug-likeness (QED) is 0.101. The minimum absolute atomic E-state index is 0.130. The van der Waals surface area contributed by atoms with Gasteiger partial charge < -0.3 is 0 Å². The third-order valence-corrected chi connectivity index (χ3v) is 67.7. The monoisotopic (exact) mass is 1070 g/mol. The molecule has 4 heteroatoms. The molecule has 8 aromatic carbocycles. The van der Waals surface area contributed by atoms with Gasteiger partial charge in [-0.15, -0.1) is 0 Å². The van der Waals surface area contributed by atoms with E-state index in [0.29, 0.717) is 0 Å². The molecule has 363 valence electrons. The van der Waals surface area contributed by atoms with Gasteiger partial charge in [0.05, 0.1) is 0 Å². The molecule has 2 aliphatic carbocycles. The summed E-state index contributed by atoms with van der Waals surface area (Å²) in [5.74, 6) is -2.03. The van der Waals surface area contributed by atoms with Crippen molar-refractivity contribution in [2.24, 2.45) is 0 Å². The Morgan fingerprint density at radius 1 is 0.361 bits per heavy atom. The zero-order valence-corrected chi connectivity index (χ0v) is 49.1. The fourth-order valence-corrected chi connectivity index (χ4v) is 44.3. The first-order chi connectivity index (χ1) is 34.4. The maximum absolute atomic E-state index is 9.65. The third-order valence-electron chi connectivity index (χ3n) is 16.0. The standard InChI is InChI=1S/2C33H31.C2H7Si.2ClH.Zr/c2*1-22-14-23(2)17-28(16-22)30-12-13-31(29-18-24(3)15-25(4)19-29)33-21-27(20-32(30)33)11-10-26-8-6-5-7-9-26;1-3-2;;;/h2*5-9,12-21H,10-11H2,1-4H3;3H,1-2H3;2*1H;/q;;;;;+2/p-2. The Morgan fingerprint density at radius 2 is 0.639 bits per heavy atom. The molecule has 0 nitrogen and oxygen atoms in total. The molecule has 0 N–H and O–H groups in total. The second-order valence-electron chi connectivity index (χ2n) is 22.1. The summed E-state index contributed by atoms with van der Waals surface area (Å²) < 4.78 is -0.260. The predicted molar refractivity (Wildman–Crippen MR) is 314 cm³/mol. The van der Waals surface area contributed by atoms with Crippen LogP contribution in [0, 0.1) is 55.4 Å². The molecule has 2 unspecified atom stereocenters. The number of rotatable bonds is 13. The predicted octanol–water partition coefficient (Wildman–Crippen LogP) is 19.6. The normalized spacial score (nSPS) is 15.8. The van der Waals surface area contributed by atoms with Crippen LogP contribution in [0.4, 0.5) is 0 Å². The van der Waals surface area contributed by atoms with Crippen molar-refractivity contribution in [3.63, 3.8) is 0 Å². The molecular formula is C68H69Cl2SiZr. The van der Waals surface area contributed by atoms with E-state index in [1.54, 1.807) is 0 Å². The number of halogens is 2. The van der Waals surface area contributed by atoms with Crippen molar-refractivity contribution in [3.05, 3.63) is 247 Å². The Morgan fingerprint density at radius 3 is 0.931 bits per heavy atom. The number of hydrogen-bond acceptors (Lipinski definition) is 0. The van der Waals surface area contributed by atoms with Crippen LogP contribution in [0.1, 0.15) is 98.0 Å². The van der Waals surface area contributed by atoms with Gasteiger partial charge in [-0.3, -0.25) is 0 Å². The van der Waals surface area contributed by atoms with E-state index in [1.807, 2.05) is 0 Å². The van der Waals surface area contributed by atoms with Crippen molar-refractivity contribution < 1.29 is 15.6 Å². The molecule has 0 saturated carbocycles. The number of aryl methyl sites for hydroxylation is 10. The molecular weight excluding hydrogens is 1010 g/mol. The molecule has 2 atom stereocenters. The summed E-state index contributed by atoms with van der Waals surface area (Å²) in [5.41, 5.74) is 30.9. The van der Waals surface area contributed by atoms with E-state index in [0.717, 1.165) is 25.7 Å². The SMILES string of the molecule is Cc1cc(C)cc(-c2ccc(-c3cc(C)cc(C)c3)c3c2C=C(CCc2ccccc2)[CH]3[Zr]([Cl])([Cl])([CH]2C(CCc3ccccc3)=Cc3c(-c4cc(C)cc(C)c4)ccc(-c4cc(C)cc(C)c4)c32)[SiH](C)C)c1. The van der Waals surface area contributed by atoms with E-state index < -0.39 is 21.5 Å². The molecule has 0 aliphatic heterocycles. The summed E-state index contributed by atoms with van der Waals surface area (Å²) in [5, 5.41) is 0. The van der Waals surface area contributed by atoms with Gasteiger partial charge in [0.25, 0.3) is 0 Å². The third kappa shape index (κ3) is 9.52. The first kappa shape index (κ1) is 50.5. The van der Waals surface area contributed by atoms with E-state index in [1.165, 1.54) is 134 Å². The molecule has 0 bridgehead atoms. The topological polar surface area (TPSA) is 0 Å². The van der Waals surface area contributed by atoms with E-state index >= 15 is 0 Å². The minimum atomic E-state index is -5.60. The Labute approximate surface area is 439 Å². The van der Waals surface area contributed by atoms with E-state index in [4.69, 9.17) is 0 Å². The number of hydrogen-bond donors (Lipinski definition) is 0. The molecule has 2 aliphatic rings. The van der Waals surface area contributed by atoms with Crippen LogP contribution in [0.5, 0.6) is 0 Å². The van der Waals surface area contributed by atoms with Crippen molar-refractivity contribution in [2.45, 2.75) is 101 Å². The van der Waals surface area contributed by atoms with Crippen LogP contribution in [-0.4, -0.2) is 5.92 Å². The first-order valence-electron chi connectivity index (χ1n) is 26.2. The molecule has 0 radical (unpaired) electrons. The van der Waals surface area contributed by atoms with Crippen LogP contribution in [0.15, 0.2) is 169 Å². The van der Waals surface area contributed by atoms with Crippen LogP contribution < -0.4 is 0 Å². The van der Waals surface area contributed by atoms with Crippen molar-refractivity contribution in [1.82, 2.24) is 0 Å². The Bertz CT molecular complexity index is 3160. The number of allylic oxidation sites excluding steroid dienone is 2. The summed E-state index contributed by atoms with van der Waals surface area (Å²) in [6, 6.07) is 60.0. The Balaban J connectivity index is 1.32. The van der Waals surface area contributed by atoms with E-state index in [-0.39, 0.29) is 7.25 Å². The zero-order valence-electron chi connectivity index (χ0n) is 44.0. The molecule has 0 spiro atoms. The van der Waals surface area contributed by atoms with Gasteiger partial charge in [-0.1, -0.05) is 0 Å². The molecule has 72 heavy (non-hydrogen) atoms. The summed E-state index contributed by atoms with van der Waals surface area (Å²) in [6.45, 7) is 22.9. The van der Waals surface area contributed by atoms with Gasteiger partial charge in [0.2, 0.25) is 0 Å². The number of fused-ring (bicyclic) bond motifs is 2. The summed E-state index contributed by atoms with van der Waals surface area (Å²) in [6.07, 6.45) is 8.77. The van der Waals surface area contributed by atoms with Gasteiger partial charge in [0.15, 0.2) is 0 Å². The van der Waals surface area contributed by atoms with Crippen molar-refractivity contribution in [2.75, 3.05) is 0 Å². The van der Waals surface area contributed by atoms with Gasteiger partial charge >= 0.3 is 443 Å². The van der Waals surface area contributed by atoms with Gasteiger partial charge in [-0.25, -0.2) is 0 Å². The first-order valence-corrected chi connectivity index (χ1v) is 42.5. The molecule has 10 rings (SSSR count). The van der Waals surface area contributed by atoms with Gasteiger partial charge in [0.1, 0.15) is 0 Å². The molecule has 8 aromatic rings. The van der Waals surface area contributed by atoms with Crippen LogP contribution >= 0.6 is 17.0 Å². The van der Waals surface area contributed by atoms with Gasteiger partial charge in [-0.05, 0) is 0 Å². The van der Waals surface area contributed by atoms with Crippen molar-refractivity contribution in [3.8, 4) is 44.5 Å². The van der Waals surface area contributed by atoms with Crippen LogP contribution in [0.25, 0.3) is 56.7 Å². The van der Waals surface area contributed by atoms with Crippen LogP contribution in [0.3, 0.4) is 0 Å². The fraction of sp³-hybridized carbons (Fsp3) is 0.235. The molecule has 0 fully saturated rings. The molecule has 0 aromatic heterocycles. The Hall–Kier alpha value is -5.08. The second-order valence-corrected chi connectivity index (χ2v) is 64.6. The molecule has 0 amide bonds. The average molecular weight is 1080 g/mol. The maximum atomic E-state index is 9.65. The summed E-state index contributed by atoms with van der Waals surface area (Å²) >= 11 is -5.60. The van der Waals surface area contributed by atoms with Crippen molar-refractivity contribution in [1.29, 1.82) is 0 Å². The summed E-state index contributed by atoms with van der Waals surface area (Å²) in [7, 11) is 19.3. The van der Waals surface area contributed by atoms with Crippen LogP contribution in [0.2, 0.25) is 13.1 Å². The number of benzene rings is 8. The molecule has 0 heterocycles. The zero-order chi connectivity index (χ0) is 50.7. The second kappa shape index (κ2) is 20.0. The van der Waals surface area contributed by atoms with E-state index in [9.17, 15) is 17.0 Å². The van der Waals surface area contributed by atoms with Crippen molar-refractivity contribution >= 4 is 35.1 Å².